The van der Waals surface area contributed by atoms with Crippen LogP contribution in [-0.2, 0) is 14.6 Å². The lowest BCUT2D eigenvalue weighted by molar-refractivity contribution is -0.114. The van der Waals surface area contributed by atoms with E-state index >= 15 is 0 Å². The minimum atomic E-state index is -3.56. The van der Waals surface area contributed by atoms with E-state index in [2.05, 4.69) is 5.32 Å². The van der Waals surface area contributed by atoms with Gasteiger partial charge in [-0.05, 0) is 18.2 Å². The lowest BCUT2D eigenvalue weighted by Gasteiger charge is -2.07. The SMILES string of the molecule is CC(=O)Nc1ccc(F)cc1S(C)(=O)=O. The van der Waals surface area contributed by atoms with E-state index in [0.717, 1.165) is 18.4 Å². The van der Waals surface area contributed by atoms with Crippen molar-refractivity contribution in [3.8, 4) is 0 Å². The Morgan fingerprint density at radius 2 is 2.00 bits per heavy atom. The first kappa shape index (κ1) is 11.6. The number of halogens is 1. The van der Waals surface area contributed by atoms with Crippen LogP contribution in [0, 0.1) is 5.82 Å². The van der Waals surface area contributed by atoms with Gasteiger partial charge >= 0.3 is 0 Å². The zero-order chi connectivity index (χ0) is 11.6. The van der Waals surface area contributed by atoms with Crippen LogP contribution in [0.2, 0.25) is 0 Å². The Hall–Kier alpha value is -1.43. The summed E-state index contributed by atoms with van der Waals surface area (Å²) in [6.07, 6.45) is 0.951. The maximum absolute atomic E-state index is 12.8. The Bertz CT molecular complexity index is 496. The average Bonchev–Trinajstić information content (AvgIpc) is 2.05. The number of sulfone groups is 1. The van der Waals surface area contributed by atoms with Gasteiger partial charge in [0.25, 0.3) is 0 Å². The minimum Gasteiger partial charge on any atom is -0.325 e. The van der Waals surface area contributed by atoms with Crippen LogP contribution in [0.1, 0.15) is 6.92 Å². The average molecular weight is 231 g/mol. The summed E-state index contributed by atoms with van der Waals surface area (Å²) < 4.78 is 35.4. The molecule has 15 heavy (non-hydrogen) atoms. The van der Waals surface area contributed by atoms with Crippen LogP contribution >= 0.6 is 0 Å². The Kier molecular flexibility index (Phi) is 3.09. The van der Waals surface area contributed by atoms with E-state index in [4.69, 9.17) is 0 Å². The van der Waals surface area contributed by atoms with Crippen molar-refractivity contribution in [1.82, 2.24) is 0 Å². The molecule has 0 fully saturated rings. The number of anilines is 1. The van der Waals surface area contributed by atoms with Gasteiger partial charge in [-0.2, -0.15) is 0 Å². The second-order valence-corrected chi connectivity index (χ2v) is 5.08. The van der Waals surface area contributed by atoms with Crippen LogP contribution in [0.4, 0.5) is 10.1 Å². The van der Waals surface area contributed by atoms with Crippen molar-refractivity contribution in [2.75, 3.05) is 11.6 Å². The molecule has 0 radical (unpaired) electrons. The molecule has 0 aromatic heterocycles. The third kappa shape index (κ3) is 3.02. The van der Waals surface area contributed by atoms with Gasteiger partial charge in [0, 0.05) is 13.2 Å². The third-order valence-electron chi connectivity index (χ3n) is 1.65. The Morgan fingerprint density at radius 1 is 1.40 bits per heavy atom. The number of carbonyl (C=O) groups is 1. The molecule has 6 heteroatoms. The predicted octanol–water partition coefficient (Wildman–Crippen LogP) is 1.19. The summed E-state index contributed by atoms with van der Waals surface area (Å²) in [5.41, 5.74) is 0.0893. The summed E-state index contributed by atoms with van der Waals surface area (Å²) in [5, 5.41) is 2.32. The van der Waals surface area contributed by atoms with Gasteiger partial charge < -0.3 is 5.32 Å². The summed E-state index contributed by atoms with van der Waals surface area (Å²) in [6.45, 7) is 1.25. The fourth-order valence-electron chi connectivity index (χ4n) is 1.10. The van der Waals surface area contributed by atoms with E-state index in [9.17, 15) is 17.6 Å². The molecule has 0 spiro atoms. The second-order valence-electron chi connectivity index (χ2n) is 3.09. The standard InChI is InChI=1S/C9H10FNO3S/c1-6(12)11-8-4-3-7(10)5-9(8)15(2,13)14/h3-5H,1-2H3,(H,11,12). The normalized spacial score (nSPS) is 11.1. The van der Waals surface area contributed by atoms with Crippen LogP contribution in [0.3, 0.4) is 0 Å². The van der Waals surface area contributed by atoms with Crippen molar-refractivity contribution >= 4 is 21.4 Å². The van der Waals surface area contributed by atoms with E-state index in [0.29, 0.717) is 0 Å². The second kappa shape index (κ2) is 3.98. The first-order chi connectivity index (χ1) is 6.80. The summed E-state index contributed by atoms with van der Waals surface area (Å²) in [6, 6.07) is 3.17. The van der Waals surface area contributed by atoms with Gasteiger partial charge in [0.05, 0.1) is 10.6 Å². The molecular formula is C9H10FNO3S. The molecule has 1 amide bonds. The monoisotopic (exact) mass is 231 g/mol. The van der Waals surface area contributed by atoms with Crippen LogP contribution in [0.15, 0.2) is 23.1 Å². The number of hydrogen-bond donors (Lipinski definition) is 1. The molecule has 0 bridgehead atoms. The number of rotatable bonds is 2. The Balaban J connectivity index is 3.33. The molecule has 0 saturated carbocycles. The van der Waals surface area contributed by atoms with Gasteiger partial charge in [-0.25, -0.2) is 12.8 Å². The molecule has 0 atom stereocenters. The fourth-order valence-corrected chi connectivity index (χ4v) is 1.94. The van der Waals surface area contributed by atoms with Crippen LogP contribution in [-0.4, -0.2) is 20.6 Å². The number of benzene rings is 1. The van der Waals surface area contributed by atoms with E-state index < -0.39 is 21.6 Å². The number of amides is 1. The molecule has 82 valence electrons. The quantitative estimate of drug-likeness (QED) is 0.831. The molecule has 1 aromatic carbocycles. The first-order valence-electron chi connectivity index (χ1n) is 4.08. The Labute approximate surface area is 87.0 Å². The maximum atomic E-state index is 12.8. The van der Waals surface area contributed by atoms with Crippen LogP contribution in [0.25, 0.3) is 0 Å². The van der Waals surface area contributed by atoms with E-state index in [1.807, 2.05) is 0 Å². The van der Waals surface area contributed by atoms with Crippen LogP contribution in [0.5, 0.6) is 0 Å². The third-order valence-corrected chi connectivity index (χ3v) is 2.79. The Morgan fingerprint density at radius 3 is 2.47 bits per heavy atom. The van der Waals surface area contributed by atoms with Gasteiger partial charge in [-0.1, -0.05) is 0 Å². The van der Waals surface area contributed by atoms with Crippen molar-refractivity contribution in [2.24, 2.45) is 0 Å². The largest absolute Gasteiger partial charge is 0.325 e. The molecule has 1 N–H and O–H groups in total. The van der Waals surface area contributed by atoms with Gasteiger partial charge in [-0.3, -0.25) is 4.79 Å². The van der Waals surface area contributed by atoms with Crippen molar-refractivity contribution in [2.45, 2.75) is 11.8 Å². The molecule has 0 heterocycles. The van der Waals surface area contributed by atoms with Gasteiger partial charge in [0.1, 0.15) is 5.82 Å². The molecule has 1 rings (SSSR count). The molecule has 0 aliphatic carbocycles. The molecule has 0 unspecified atom stereocenters. The topological polar surface area (TPSA) is 63.2 Å². The highest BCUT2D eigenvalue weighted by Gasteiger charge is 2.14. The lowest BCUT2D eigenvalue weighted by Crippen LogP contribution is -2.10. The maximum Gasteiger partial charge on any atom is 0.221 e. The van der Waals surface area contributed by atoms with Crippen molar-refractivity contribution < 1.29 is 17.6 Å². The highest BCUT2D eigenvalue weighted by molar-refractivity contribution is 7.90. The predicted molar refractivity (Wildman–Crippen MR) is 53.8 cm³/mol. The van der Waals surface area contributed by atoms with E-state index in [1.165, 1.54) is 13.0 Å². The molecule has 4 nitrogen and oxygen atoms in total. The summed E-state index contributed by atoms with van der Waals surface area (Å²) in [4.78, 5) is 10.6. The molecule has 0 saturated heterocycles. The molecule has 0 aliphatic heterocycles. The van der Waals surface area contributed by atoms with Crippen molar-refractivity contribution in [3.63, 3.8) is 0 Å². The van der Waals surface area contributed by atoms with Gasteiger partial charge in [0.15, 0.2) is 9.84 Å². The molecule has 0 aliphatic rings. The highest BCUT2D eigenvalue weighted by atomic mass is 32.2. The highest BCUT2D eigenvalue weighted by Crippen LogP contribution is 2.22. The van der Waals surface area contributed by atoms with Crippen LogP contribution < -0.4 is 5.32 Å². The number of carbonyl (C=O) groups excluding carboxylic acids is 1. The summed E-state index contributed by atoms with van der Waals surface area (Å²) in [5.74, 6) is -1.07. The molecule has 1 aromatic rings. The zero-order valence-electron chi connectivity index (χ0n) is 8.24. The smallest absolute Gasteiger partial charge is 0.221 e. The summed E-state index contributed by atoms with van der Waals surface area (Å²) >= 11 is 0. The fraction of sp³-hybridized carbons (Fsp3) is 0.222. The van der Waals surface area contributed by atoms with E-state index in [-0.39, 0.29) is 10.6 Å². The number of hydrogen-bond acceptors (Lipinski definition) is 3. The van der Waals surface area contributed by atoms with Crippen molar-refractivity contribution in [1.29, 1.82) is 0 Å². The van der Waals surface area contributed by atoms with Gasteiger partial charge in [-0.15, -0.1) is 0 Å². The molecular weight excluding hydrogens is 221 g/mol. The van der Waals surface area contributed by atoms with E-state index in [1.54, 1.807) is 0 Å². The van der Waals surface area contributed by atoms with Crippen molar-refractivity contribution in [3.05, 3.63) is 24.0 Å². The van der Waals surface area contributed by atoms with Gasteiger partial charge in [0.2, 0.25) is 5.91 Å². The number of nitrogens with one attached hydrogen (secondary N) is 1. The first-order valence-corrected chi connectivity index (χ1v) is 5.97. The zero-order valence-corrected chi connectivity index (χ0v) is 9.06. The lowest BCUT2D eigenvalue weighted by atomic mass is 10.3. The summed E-state index contributed by atoms with van der Waals surface area (Å²) in [7, 11) is -3.56. The minimum absolute atomic E-state index is 0.0893.